The third-order valence-electron chi connectivity index (χ3n) is 2.73. The number of rotatable bonds is 12. The first kappa shape index (κ1) is 33.3. The van der Waals surface area contributed by atoms with Gasteiger partial charge in [0.2, 0.25) is 0 Å². The van der Waals surface area contributed by atoms with Gasteiger partial charge in [-0.15, -0.1) is 0 Å². The first-order valence-electron chi connectivity index (χ1n) is 7.35. The molecule has 0 saturated carbocycles. The van der Waals surface area contributed by atoms with Crippen LogP contribution >= 0.6 is 0 Å². The zero-order valence-electron chi connectivity index (χ0n) is 14.9. The van der Waals surface area contributed by atoms with E-state index in [0.717, 1.165) is 12.8 Å². The minimum Gasteiger partial charge on any atom is -0.759 e. The Bertz CT molecular complexity index is 432. The monoisotopic (exact) mass is 408 g/mol. The standard InChI is InChI=1S/C12H26O4S.2Na.H2O4S/c1-2-3-4-5-6-7-8-9-10-11-12-16-17(13,14)15;;;1-5(2,3)4/h2-12H2,1H3,(H,13,14,15);;;(H2,1,2,3,4)/q;2*+1;/p-2. The van der Waals surface area contributed by atoms with E-state index in [4.69, 9.17) is 22.1 Å². The molecule has 0 atom stereocenters. The summed E-state index contributed by atoms with van der Waals surface area (Å²) in [6.45, 7) is 2.31. The Hall–Kier alpha value is 1.74. The SMILES string of the molecule is CCCCCCCCCCCCOS(=O)(=O)O.O=S(=O)([O-])[O-].[Na+].[Na+]. The van der Waals surface area contributed by atoms with Crippen molar-refractivity contribution in [2.75, 3.05) is 6.61 Å². The van der Waals surface area contributed by atoms with Crippen LogP contribution < -0.4 is 59.1 Å². The third kappa shape index (κ3) is 49.6. The van der Waals surface area contributed by atoms with E-state index in [2.05, 4.69) is 11.1 Å². The predicted molar refractivity (Wildman–Crippen MR) is 79.8 cm³/mol. The normalized spacial score (nSPS) is 10.8. The van der Waals surface area contributed by atoms with E-state index < -0.39 is 20.8 Å². The molecule has 0 unspecified atom stereocenters. The van der Waals surface area contributed by atoms with Gasteiger partial charge in [-0.2, -0.15) is 8.42 Å². The Kier molecular flexibility index (Phi) is 29.2. The van der Waals surface area contributed by atoms with Crippen LogP contribution in [0.5, 0.6) is 0 Å². The molecule has 8 nitrogen and oxygen atoms in total. The maximum Gasteiger partial charge on any atom is 1.00 e. The fourth-order valence-electron chi connectivity index (χ4n) is 1.75. The summed E-state index contributed by atoms with van der Waals surface area (Å²) in [4.78, 5) is 0. The summed E-state index contributed by atoms with van der Waals surface area (Å²) in [6, 6.07) is 0. The van der Waals surface area contributed by atoms with Gasteiger partial charge in [0.15, 0.2) is 0 Å². The van der Waals surface area contributed by atoms with Gasteiger partial charge in [-0.25, -0.2) is 4.18 Å². The van der Waals surface area contributed by atoms with Crippen molar-refractivity contribution in [3.8, 4) is 0 Å². The molecular formula is C12H26Na2O8S2. The average molecular weight is 408 g/mol. The molecule has 0 heterocycles. The van der Waals surface area contributed by atoms with E-state index in [-0.39, 0.29) is 65.7 Å². The van der Waals surface area contributed by atoms with Crippen LogP contribution in [-0.2, 0) is 25.0 Å². The van der Waals surface area contributed by atoms with Gasteiger partial charge >= 0.3 is 69.5 Å². The van der Waals surface area contributed by atoms with E-state index >= 15 is 0 Å². The zero-order valence-corrected chi connectivity index (χ0v) is 20.5. The number of hydrogen-bond donors (Lipinski definition) is 1. The number of hydrogen-bond acceptors (Lipinski definition) is 7. The quantitative estimate of drug-likeness (QED) is 0.151. The van der Waals surface area contributed by atoms with Gasteiger partial charge in [0.05, 0.1) is 6.61 Å². The summed E-state index contributed by atoms with van der Waals surface area (Å²) in [5, 5.41) is 0. The van der Waals surface area contributed by atoms with Crippen LogP contribution in [0.2, 0.25) is 0 Å². The Morgan fingerprint density at radius 3 is 1.33 bits per heavy atom. The molecule has 0 radical (unpaired) electrons. The molecule has 0 saturated heterocycles. The molecule has 1 N–H and O–H groups in total. The minimum atomic E-state index is -5.17. The van der Waals surface area contributed by atoms with Crippen molar-refractivity contribution in [2.45, 2.75) is 71.1 Å². The summed E-state index contributed by atoms with van der Waals surface area (Å²) < 4.78 is 67.1. The van der Waals surface area contributed by atoms with E-state index in [1.165, 1.54) is 44.9 Å². The van der Waals surface area contributed by atoms with E-state index in [0.29, 0.717) is 6.42 Å². The summed E-state index contributed by atoms with van der Waals surface area (Å²) >= 11 is 0. The predicted octanol–water partition coefficient (Wildman–Crippen LogP) is -3.60. The summed E-state index contributed by atoms with van der Waals surface area (Å²) in [6.07, 6.45) is 11.9. The molecule has 136 valence electrons. The van der Waals surface area contributed by atoms with Crippen LogP contribution in [0.4, 0.5) is 0 Å². The van der Waals surface area contributed by atoms with E-state index in [1.807, 2.05) is 0 Å². The fourth-order valence-corrected chi connectivity index (χ4v) is 2.08. The Morgan fingerprint density at radius 1 is 0.750 bits per heavy atom. The molecule has 0 aliphatic carbocycles. The second-order valence-electron chi connectivity index (χ2n) is 4.84. The Labute approximate surface area is 190 Å². The summed E-state index contributed by atoms with van der Waals surface area (Å²) in [5.41, 5.74) is 0. The Morgan fingerprint density at radius 2 is 1.04 bits per heavy atom. The molecule has 0 aliphatic rings. The molecule has 0 aromatic rings. The minimum absolute atomic E-state index is 0. The molecule has 12 heteroatoms. The van der Waals surface area contributed by atoms with Crippen LogP contribution in [0.1, 0.15) is 71.1 Å². The van der Waals surface area contributed by atoms with Gasteiger partial charge in [0.25, 0.3) is 0 Å². The van der Waals surface area contributed by atoms with Crippen LogP contribution in [0.15, 0.2) is 0 Å². The summed E-state index contributed by atoms with van der Waals surface area (Å²) in [7, 11) is -9.40. The van der Waals surface area contributed by atoms with Crippen LogP contribution in [0.25, 0.3) is 0 Å². The molecule has 0 spiro atoms. The molecule has 0 rings (SSSR count). The van der Waals surface area contributed by atoms with Crippen molar-refractivity contribution in [1.82, 2.24) is 0 Å². The molecule has 0 aromatic heterocycles. The van der Waals surface area contributed by atoms with E-state index in [9.17, 15) is 8.42 Å². The van der Waals surface area contributed by atoms with Crippen molar-refractivity contribution >= 4 is 20.8 Å². The van der Waals surface area contributed by atoms with Crippen LogP contribution in [0, 0.1) is 0 Å². The van der Waals surface area contributed by atoms with Gasteiger partial charge in [0, 0.05) is 10.4 Å². The Balaban J connectivity index is -0.000000250. The van der Waals surface area contributed by atoms with Gasteiger partial charge in [0.1, 0.15) is 0 Å². The first-order chi connectivity index (χ1) is 10.1. The second-order valence-corrected chi connectivity index (χ2v) is 6.75. The van der Waals surface area contributed by atoms with Gasteiger partial charge < -0.3 is 9.11 Å². The molecule has 0 aliphatic heterocycles. The van der Waals surface area contributed by atoms with Crippen molar-refractivity contribution < 1.29 is 93.8 Å². The molecule has 0 amide bonds. The van der Waals surface area contributed by atoms with Crippen LogP contribution in [0.3, 0.4) is 0 Å². The van der Waals surface area contributed by atoms with Gasteiger partial charge in [-0.05, 0) is 6.42 Å². The maximum atomic E-state index is 10.2. The van der Waals surface area contributed by atoms with Gasteiger partial charge in [-0.1, -0.05) is 64.7 Å². The molecule has 24 heavy (non-hydrogen) atoms. The zero-order chi connectivity index (χ0) is 17.5. The first-order valence-corrected chi connectivity index (χ1v) is 10.0. The molecule has 0 aromatic carbocycles. The molecule has 0 bridgehead atoms. The summed E-state index contributed by atoms with van der Waals surface area (Å²) in [5.74, 6) is 0. The smallest absolute Gasteiger partial charge is 0.759 e. The molecular weight excluding hydrogens is 382 g/mol. The topological polar surface area (TPSA) is 144 Å². The van der Waals surface area contributed by atoms with Crippen molar-refractivity contribution in [3.05, 3.63) is 0 Å². The third-order valence-corrected chi connectivity index (χ3v) is 3.19. The average Bonchev–Trinajstić information content (AvgIpc) is 2.32. The number of unbranched alkanes of at least 4 members (excludes halogenated alkanes) is 9. The van der Waals surface area contributed by atoms with Gasteiger partial charge in [-0.3, -0.25) is 13.0 Å². The maximum absolute atomic E-state index is 10.2. The van der Waals surface area contributed by atoms with Crippen molar-refractivity contribution in [1.29, 1.82) is 0 Å². The van der Waals surface area contributed by atoms with Crippen molar-refractivity contribution in [2.24, 2.45) is 0 Å². The fraction of sp³-hybridized carbons (Fsp3) is 1.00. The largest absolute Gasteiger partial charge is 1.00 e. The van der Waals surface area contributed by atoms with E-state index in [1.54, 1.807) is 0 Å². The molecule has 0 fully saturated rings. The van der Waals surface area contributed by atoms with Crippen LogP contribution in [-0.4, -0.2) is 37.1 Å². The second kappa shape index (κ2) is 21.0. The van der Waals surface area contributed by atoms with Crippen molar-refractivity contribution in [3.63, 3.8) is 0 Å².